The van der Waals surface area contributed by atoms with Crippen LogP contribution in [0, 0.1) is 5.82 Å². The predicted octanol–water partition coefficient (Wildman–Crippen LogP) is 4.36. The Bertz CT molecular complexity index is 798. The van der Waals surface area contributed by atoms with Crippen LogP contribution in [0.2, 0.25) is 5.02 Å². The van der Waals surface area contributed by atoms with E-state index in [-0.39, 0.29) is 36.8 Å². The third kappa shape index (κ3) is 5.54. The van der Waals surface area contributed by atoms with Gasteiger partial charge in [0, 0.05) is 34.7 Å². The van der Waals surface area contributed by atoms with E-state index in [9.17, 15) is 9.18 Å². The molecule has 1 N–H and O–H groups in total. The van der Waals surface area contributed by atoms with Crippen LogP contribution < -0.4 is 5.32 Å². The topological polar surface area (TPSA) is 41.6 Å². The van der Waals surface area contributed by atoms with Crippen LogP contribution in [-0.4, -0.2) is 43.2 Å². The first kappa shape index (κ1) is 21.2. The Labute approximate surface area is 178 Å². The van der Waals surface area contributed by atoms with Crippen molar-refractivity contribution in [2.75, 3.05) is 26.2 Å². The maximum absolute atomic E-state index is 14.6. The van der Waals surface area contributed by atoms with Crippen molar-refractivity contribution in [2.24, 2.45) is 0 Å². The predicted molar refractivity (Wildman–Crippen MR) is 112 cm³/mol. The van der Waals surface area contributed by atoms with Gasteiger partial charge in [-0.1, -0.05) is 45.7 Å². The average Bonchev–Trinajstić information content (AvgIpc) is 2.66. The minimum atomic E-state index is -0.362. The minimum Gasteiger partial charge on any atom is -0.376 e. The molecule has 1 aliphatic rings. The van der Waals surface area contributed by atoms with Crippen LogP contribution in [0.3, 0.4) is 0 Å². The van der Waals surface area contributed by atoms with Crippen LogP contribution >= 0.6 is 27.5 Å². The zero-order valence-corrected chi connectivity index (χ0v) is 18.0. The number of hydrogen-bond acceptors (Lipinski definition) is 3. The molecule has 0 bridgehead atoms. The van der Waals surface area contributed by atoms with Gasteiger partial charge in [0.1, 0.15) is 5.82 Å². The van der Waals surface area contributed by atoms with Gasteiger partial charge < -0.3 is 10.1 Å². The molecule has 3 rings (SSSR count). The van der Waals surface area contributed by atoms with Gasteiger partial charge in [-0.05, 0) is 36.8 Å². The number of halogens is 3. The van der Waals surface area contributed by atoms with Gasteiger partial charge >= 0.3 is 0 Å². The molecule has 1 fully saturated rings. The number of nitrogens with one attached hydrogen (secondary N) is 1. The standard InChI is InChI=1S/C21H23BrClFN2O2/c1-14-13-26(9-10-28-14)19(21-17(23)3-2-4-18(21)24)12-25-20(27)11-15-5-7-16(22)8-6-15/h2-8,14,19H,9-13H2,1H3,(H,25,27). The molecule has 0 aliphatic carbocycles. The number of carbonyl (C=O) groups is 1. The molecule has 1 amide bonds. The Morgan fingerprint density at radius 2 is 2.11 bits per heavy atom. The highest BCUT2D eigenvalue weighted by molar-refractivity contribution is 9.10. The van der Waals surface area contributed by atoms with E-state index in [1.165, 1.54) is 6.07 Å². The molecular formula is C21H23BrClFN2O2. The van der Waals surface area contributed by atoms with Gasteiger partial charge in [0.2, 0.25) is 5.91 Å². The molecule has 0 aromatic heterocycles. The number of nitrogens with zero attached hydrogens (tertiary/aromatic N) is 1. The van der Waals surface area contributed by atoms with Crippen molar-refractivity contribution >= 4 is 33.4 Å². The summed E-state index contributed by atoms with van der Waals surface area (Å²) in [6, 6.07) is 11.9. The lowest BCUT2D eigenvalue weighted by Crippen LogP contribution is -2.47. The number of amides is 1. The van der Waals surface area contributed by atoms with Gasteiger partial charge in [-0.3, -0.25) is 9.69 Å². The van der Waals surface area contributed by atoms with Crippen LogP contribution in [0.15, 0.2) is 46.9 Å². The zero-order chi connectivity index (χ0) is 20.1. The van der Waals surface area contributed by atoms with Gasteiger partial charge in [0.25, 0.3) is 0 Å². The Balaban J connectivity index is 1.73. The number of morpholine rings is 1. The second-order valence-corrected chi connectivity index (χ2v) is 8.26. The Hall–Kier alpha value is -1.47. The summed E-state index contributed by atoms with van der Waals surface area (Å²) in [5.74, 6) is -0.472. The molecule has 2 atom stereocenters. The number of benzene rings is 2. The Kier molecular flexibility index (Phi) is 7.46. The van der Waals surface area contributed by atoms with Crippen molar-refractivity contribution in [2.45, 2.75) is 25.5 Å². The number of hydrogen-bond donors (Lipinski definition) is 1. The molecule has 2 unspecified atom stereocenters. The van der Waals surface area contributed by atoms with Crippen LogP contribution in [0.4, 0.5) is 4.39 Å². The van der Waals surface area contributed by atoms with E-state index in [0.717, 1.165) is 10.0 Å². The molecule has 150 valence electrons. The quantitative estimate of drug-likeness (QED) is 0.683. The second kappa shape index (κ2) is 9.83. The summed E-state index contributed by atoms with van der Waals surface area (Å²) in [7, 11) is 0. The van der Waals surface area contributed by atoms with Crippen LogP contribution in [0.1, 0.15) is 24.1 Å². The molecule has 2 aromatic carbocycles. The first-order valence-corrected chi connectivity index (χ1v) is 10.4. The molecule has 0 spiro atoms. The van der Waals surface area contributed by atoms with Gasteiger partial charge in [0.15, 0.2) is 0 Å². The van der Waals surface area contributed by atoms with Crippen molar-refractivity contribution in [3.05, 3.63) is 68.9 Å². The first-order chi connectivity index (χ1) is 13.4. The molecule has 1 heterocycles. The van der Waals surface area contributed by atoms with E-state index in [2.05, 4.69) is 26.1 Å². The van der Waals surface area contributed by atoms with Gasteiger partial charge in [0.05, 0.1) is 25.2 Å². The largest absolute Gasteiger partial charge is 0.376 e. The molecule has 7 heteroatoms. The highest BCUT2D eigenvalue weighted by Crippen LogP contribution is 2.31. The Morgan fingerprint density at radius 1 is 1.36 bits per heavy atom. The zero-order valence-electron chi connectivity index (χ0n) is 15.6. The van der Waals surface area contributed by atoms with Crippen molar-refractivity contribution in [1.82, 2.24) is 10.2 Å². The second-order valence-electron chi connectivity index (χ2n) is 6.93. The molecule has 1 aliphatic heterocycles. The average molecular weight is 470 g/mol. The monoisotopic (exact) mass is 468 g/mol. The summed E-state index contributed by atoms with van der Waals surface area (Å²) in [6.45, 7) is 4.14. The van der Waals surface area contributed by atoms with Crippen molar-refractivity contribution in [3.8, 4) is 0 Å². The molecule has 0 saturated carbocycles. The third-order valence-electron chi connectivity index (χ3n) is 4.82. The molecule has 1 saturated heterocycles. The lowest BCUT2D eigenvalue weighted by molar-refractivity contribution is -0.120. The van der Waals surface area contributed by atoms with Crippen LogP contribution in [0.25, 0.3) is 0 Å². The van der Waals surface area contributed by atoms with Crippen molar-refractivity contribution in [1.29, 1.82) is 0 Å². The molecule has 28 heavy (non-hydrogen) atoms. The summed E-state index contributed by atoms with van der Waals surface area (Å²) in [5.41, 5.74) is 1.34. The van der Waals surface area contributed by atoms with Gasteiger partial charge in [-0.2, -0.15) is 0 Å². The SMILES string of the molecule is CC1CN(C(CNC(=O)Cc2ccc(Br)cc2)c2c(F)cccc2Cl)CCO1. The maximum Gasteiger partial charge on any atom is 0.224 e. The van der Waals surface area contributed by atoms with E-state index >= 15 is 0 Å². The Morgan fingerprint density at radius 3 is 2.79 bits per heavy atom. The van der Waals surface area contributed by atoms with Gasteiger partial charge in [-0.15, -0.1) is 0 Å². The van der Waals surface area contributed by atoms with E-state index in [0.29, 0.717) is 30.3 Å². The summed E-state index contributed by atoms with van der Waals surface area (Å²) in [6.07, 6.45) is 0.310. The third-order valence-corrected chi connectivity index (χ3v) is 5.67. The van der Waals surface area contributed by atoms with E-state index < -0.39 is 0 Å². The van der Waals surface area contributed by atoms with Crippen LogP contribution in [0.5, 0.6) is 0 Å². The lowest BCUT2D eigenvalue weighted by atomic mass is 10.0. The van der Waals surface area contributed by atoms with Gasteiger partial charge in [-0.25, -0.2) is 4.39 Å². The minimum absolute atomic E-state index is 0.0419. The van der Waals surface area contributed by atoms with Crippen LogP contribution in [-0.2, 0) is 16.0 Å². The summed E-state index contributed by atoms with van der Waals surface area (Å²) < 4.78 is 21.2. The summed E-state index contributed by atoms with van der Waals surface area (Å²) in [4.78, 5) is 14.6. The number of rotatable bonds is 6. The normalized spacial score (nSPS) is 18.6. The van der Waals surface area contributed by atoms with E-state index in [4.69, 9.17) is 16.3 Å². The lowest BCUT2D eigenvalue weighted by Gasteiger charge is -2.38. The number of carbonyl (C=O) groups excluding carboxylic acids is 1. The van der Waals surface area contributed by atoms with E-state index in [1.807, 2.05) is 31.2 Å². The molecule has 0 radical (unpaired) electrons. The summed E-state index contributed by atoms with van der Waals surface area (Å²) >= 11 is 9.71. The number of ether oxygens (including phenoxy) is 1. The van der Waals surface area contributed by atoms with Crippen molar-refractivity contribution in [3.63, 3.8) is 0 Å². The molecule has 4 nitrogen and oxygen atoms in total. The van der Waals surface area contributed by atoms with Crippen molar-refractivity contribution < 1.29 is 13.9 Å². The maximum atomic E-state index is 14.6. The van der Waals surface area contributed by atoms with E-state index in [1.54, 1.807) is 12.1 Å². The highest BCUT2D eigenvalue weighted by Gasteiger charge is 2.29. The fraction of sp³-hybridized carbons (Fsp3) is 0.381. The molecule has 2 aromatic rings. The highest BCUT2D eigenvalue weighted by atomic mass is 79.9. The fourth-order valence-corrected chi connectivity index (χ4v) is 3.99. The smallest absolute Gasteiger partial charge is 0.224 e. The molecular weight excluding hydrogens is 447 g/mol. The summed E-state index contributed by atoms with van der Waals surface area (Å²) in [5, 5.41) is 3.32. The fourth-order valence-electron chi connectivity index (χ4n) is 3.43. The first-order valence-electron chi connectivity index (χ1n) is 9.24.